The van der Waals surface area contributed by atoms with Crippen molar-refractivity contribution in [1.82, 2.24) is 0 Å². The molecule has 5 nitrogen and oxygen atoms in total. The van der Waals surface area contributed by atoms with Gasteiger partial charge >= 0.3 is 0 Å². The van der Waals surface area contributed by atoms with Crippen molar-refractivity contribution in [3.8, 4) is 0 Å². The van der Waals surface area contributed by atoms with Crippen LogP contribution in [0, 0.1) is 0 Å². The number of aliphatic hydroxyl groups is 4. The zero-order chi connectivity index (χ0) is 17.8. The number of hydrogen-bond acceptors (Lipinski definition) is 5. The van der Waals surface area contributed by atoms with Gasteiger partial charge in [0.05, 0.1) is 6.61 Å². The molecule has 0 radical (unpaired) electrons. The summed E-state index contributed by atoms with van der Waals surface area (Å²) >= 11 is 0. The molecule has 0 unspecified atom stereocenters. The summed E-state index contributed by atoms with van der Waals surface area (Å²) in [5.74, 6) is 0. The highest BCUT2D eigenvalue weighted by molar-refractivity contribution is 5.69. The molecule has 132 valence electrons. The number of ether oxygens (including phenoxy) is 1. The van der Waals surface area contributed by atoms with Crippen LogP contribution in [-0.4, -0.2) is 51.4 Å². The Labute approximate surface area is 146 Å². The second-order valence-electron chi connectivity index (χ2n) is 6.16. The smallest absolute Gasteiger partial charge is 0.113 e. The molecule has 2 aromatic rings. The highest BCUT2D eigenvalue weighted by Gasteiger charge is 2.43. The maximum atomic E-state index is 10.2. The summed E-state index contributed by atoms with van der Waals surface area (Å²) in [7, 11) is 0. The largest absolute Gasteiger partial charge is 0.394 e. The predicted molar refractivity (Wildman–Crippen MR) is 94.5 cm³/mol. The van der Waals surface area contributed by atoms with Crippen LogP contribution in [0.1, 0.15) is 22.8 Å². The monoisotopic (exact) mass is 342 g/mol. The fraction of sp³-hybridized carbons (Fsp3) is 0.300. The van der Waals surface area contributed by atoms with Crippen LogP contribution < -0.4 is 0 Å². The van der Waals surface area contributed by atoms with Crippen LogP contribution in [-0.2, 0) is 4.74 Å². The molecule has 2 aromatic carbocycles. The highest BCUT2D eigenvalue weighted by atomic mass is 16.5. The van der Waals surface area contributed by atoms with Gasteiger partial charge in [-0.15, -0.1) is 0 Å². The first-order valence-corrected chi connectivity index (χ1v) is 8.24. The van der Waals surface area contributed by atoms with Crippen LogP contribution in [0.15, 0.2) is 54.6 Å². The second kappa shape index (κ2) is 7.91. The van der Waals surface area contributed by atoms with Gasteiger partial charge in [-0.3, -0.25) is 0 Å². The standard InChI is InChI=1S/C20H22O5/c21-12-16-17(22)18(23)19(24)20(25-16)15-8-4-7-14(11-15)10-9-13-5-2-1-3-6-13/h1-11,16-24H,12H2/t16-,17-,18+,19+,20-/m1/s1. The number of rotatable bonds is 4. The van der Waals surface area contributed by atoms with E-state index >= 15 is 0 Å². The first-order valence-electron chi connectivity index (χ1n) is 8.24. The van der Waals surface area contributed by atoms with Crippen LogP contribution in [0.5, 0.6) is 0 Å². The van der Waals surface area contributed by atoms with Crippen LogP contribution in [0.25, 0.3) is 12.2 Å². The molecule has 0 saturated carbocycles. The van der Waals surface area contributed by atoms with E-state index in [4.69, 9.17) is 4.74 Å². The van der Waals surface area contributed by atoms with Crippen molar-refractivity contribution in [3.05, 3.63) is 71.3 Å². The van der Waals surface area contributed by atoms with Gasteiger partial charge in [0.15, 0.2) is 0 Å². The van der Waals surface area contributed by atoms with Gasteiger partial charge in [-0.1, -0.05) is 60.7 Å². The second-order valence-corrected chi connectivity index (χ2v) is 6.16. The van der Waals surface area contributed by atoms with E-state index in [-0.39, 0.29) is 0 Å². The maximum Gasteiger partial charge on any atom is 0.113 e. The molecular weight excluding hydrogens is 320 g/mol. The summed E-state index contributed by atoms with van der Waals surface area (Å²) in [5.41, 5.74) is 2.66. The Balaban J connectivity index is 1.82. The SMILES string of the molecule is OC[C@H]1O[C@H](c2cccc(C=Cc3ccccc3)c2)[C@@H](O)[C@@H](O)[C@@H]1O. The van der Waals surface area contributed by atoms with E-state index in [1.54, 1.807) is 6.07 Å². The molecule has 0 aliphatic carbocycles. The Morgan fingerprint density at radius 1 is 0.800 bits per heavy atom. The van der Waals surface area contributed by atoms with E-state index < -0.39 is 37.1 Å². The summed E-state index contributed by atoms with van der Waals surface area (Å²) < 4.78 is 5.60. The average molecular weight is 342 g/mol. The fourth-order valence-corrected chi connectivity index (χ4v) is 2.97. The lowest BCUT2D eigenvalue weighted by atomic mass is 9.90. The van der Waals surface area contributed by atoms with E-state index in [0.29, 0.717) is 5.56 Å². The molecule has 25 heavy (non-hydrogen) atoms. The highest BCUT2D eigenvalue weighted by Crippen LogP contribution is 2.32. The lowest BCUT2D eigenvalue weighted by Gasteiger charge is -2.40. The Morgan fingerprint density at radius 2 is 1.48 bits per heavy atom. The summed E-state index contributed by atoms with van der Waals surface area (Å²) in [5, 5.41) is 39.4. The van der Waals surface area contributed by atoms with Crippen molar-refractivity contribution in [1.29, 1.82) is 0 Å². The minimum atomic E-state index is -1.38. The Morgan fingerprint density at radius 3 is 2.20 bits per heavy atom. The molecule has 1 aliphatic heterocycles. The molecule has 0 aromatic heterocycles. The number of aliphatic hydroxyl groups excluding tert-OH is 4. The van der Waals surface area contributed by atoms with Crippen molar-refractivity contribution < 1.29 is 25.2 Å². The normalized spacial score (nSPS) is 29.8. The average Bonchev–Trinajstić information content (AvgIpc) is 2.66. The molecule has 1 aliphatic rings. The minimum Gasteiger partial charge on any atom is -0.394 e. The molecule has 3 rings (SSSR count). The van der Waals surface area contributed by atoms with Crippen molar-refractivity contribution in [2.45, 2.75) is 30.5 Å². The van der Waals surface area contributed by atoms with Gasteiger partial charge in [-0.25, -0.2) is 0 Å². The summed E-state index contributed by atoms with van der Waals surface area (Å²) in [6, 6.07) is 17.3. The van der Waals surface area contributed by atoms with E-state index in [9.17, 15) is 20.4 Å². The molecular formula is C20H22O5. The van der Waals surface area contributed by atoms with Crippen LogP contribution in [0.3, 0.4) is 0 Å². The lowest BCUT2D eigenvalue weighted by Crippen LogP contribution is -2.55. The molecule has 0 amide bonds. The molecule has 5 heteroatoms. The molecule has 4 N–H and O–H groups in total. The third-order valence-corrected chi connectivity index (χ3v) is 4.40. The van der Waals surface area contributed by atoms with Crippen molar-refractivity contribution in [2.24, 2.45) is 0 Å². The van der Waals surface area contributed by atoms with E-state index in [2.05, 4.69) is 0 Å². The molecule has 1 heterocycles. The van der Waals surface area contributed by atoms with Gasteiger partial charge in [-0.05, 0) is 22.8 Å². The summed E-state index contributed by atoms with van der Waals surface area (Å²) in [6.07, 6.45) is -1.80. The quantitative estimate of drug-likeness (QED) is 0.630. The van der Waals surface area contributed by atoms with Crippen LogP contribution in [0.2, 0.25) is 0 Å². The van der Waals surface area contributed by atoms with Crippen molar-refractivity contribution >= 4 is 12.2 Å². The molecule has 1 fully saturated rings. The van der Waals surface area contributed by atoms with E-state index in [1.165, 1.54) is 0 Å². The zero-order valence-electron chi connectivity index (χ0n) is 13.6. The first kappa shape index (κ1) is 17.8. The molecule has 0 spiro atoms. The topological polar surface area (TPSA) is 90.2 Å². The van der Waals surface area contributed by atoms with E-state index in [1.807, 2.05) is 60.7 Å². The first-order chi connectivity index (χ1) is 12.1. The van der Waals surface area contributed by atoms with Gasteiger partial charge in [0.2, 0.25) is 0 Å². The van der Waals surface area contributed by atoms with Crippen LogP contribution >= 0.6 is 0 Å². The summed E-state index contributed by atoms with van der Waals surface area (Å²) in [6.45, 7) is -0.435. The summed E-state index contributed by atoms with van der Waals surface area (Å²) in [4.78, 5) is 0. The fourth-order valence-electron chi connectivity index (χ4n) is 2.97. The van der Waals surface area contributed by atoms with E-state index in [0.717, 1.165) is 11.1 Å². The van der Waals surface area contributed by atoms with Crippen molar-refractivity contribution in [2.75, 3.05) is 6.61 Å². The van der Waals surface area contributed by atoms with Gasteiger partial charge < -0.3 is 25.2 Å². The lowest BCUT2D eigenvalue weighted by molar-refractivity contribution is -0.231. The van der Waals surface area contributed by atoms with Gasteiger partial charge in [0.1, 0.15) is 30.5 Å². The molecule has 1 saturated heterocycles. The molecule has 0 bridgehead atoms. The van der Waals surface area contributed by atoms with Crippen molar-refractivity contribution in [3.63, 3.8) is 0 Å². The third kappa shape index (κ3) is 3.98. The Hall–Kier alpha value is -2.02. The minimum absolute atomic E-state index is 0.435. The zero-order valence-corrected chi connectivity index (χ0v) is 13.6. The van der Waals surface area contributed by atoms with Gasteiger partial charge in [0.25, 0.3) is 0 Å². The number of hydrogen-bond donors (Lipinski definition) is 4. The Bertz CT molecular complexity index is 713. The number of benzene rings is 2. The molecule has 5 atom stereocenters. The van der Waals surface area contributed by atoms with Gasteiger partial charge in [-0.2, -0.15) is 0 Å². The van der Waals surface area contributed by atoms with Gasteiger partial charge in [0, 0.05) is 0 Å². The van der Waals surface area contributed by atoms with Crippen LogP contribution in [0.4, 0.5) is 0 Å². The maximum absolute atomic E-state index is 10.2. The predicted octanol–water partition coefficient (Wildman–Crippen LogP) is 1.37. The third-order valence-electron chi connectivity index (χ3n) is 4.40. The Kier molecular flexibility index (Phi) is 5.63.